The van der Waals surface area contributed by atoms with Crippen molar-refractivity contribution in [1.82, 2.24) is 15.1 Å². The van der Waals surface area contributed by atoms with Gasteiger partial charge in [-0.15, -0.1) is 0 Å². The molecule has 1 unspecified atom stereocenters. The summed E-state index contributed by atoms with van der Waals surface area (Å²) < 4.78 is 10.7. The largest absolute Gasteiger partial charge is 0.465 e. The summed E-state index contributed by atoms with van der Waals surface area (Å²) in [5.74, 6) is 1.72. The molecule has 2 amide bonds. The number of carbonyl (C=O) groups is 3. The van der Waals surface area contributed by atoms with Gasteiger partial charge in [0.05, 0.1) is 12.7 Å². The van der Waals surface area contributed by atoms with E-state index in [-0.39, 0.29) is 23.8 Å². The van der Waals surface area contributed by atoms with Crippen LogP contribution in [0.15, 0.2) is 48.5 Å². The summed E-state index contributed by atoms with van der Waals surface area (Å²) in [5.41, 5.74) is 0.914. The lowest BCUT2D eigenvalue weighted by atomic mass is 9.79. The van der Waals surface area contributed by atoms with Crippen LogP contribution >= 0.6 is 0 Å². The van der Waals surface area contributed by atoms with Gasteiger partial charge in [-0.3, -0.25) is 14.5 Å². The minimum Gasteiger partial charge on any atom is -0.465 e. The number of likely N-dealkylation sites (tertiary alicyclic amines) is 1. The molecule has 2 aromatic rings. The third-order valence-corrected chi connectivity index (χ3v) is 9.36. The van der Waals surface area contributed by atoms with Crippen LogP contribution in [0.2, 0.25) is 0 Å². The maximum absolute atomic E-state index is 13.8. The van der Waals surface area contributed by atoms with E-state index in [1.165, 1.54) is 44.8 Å². The van der Waals surface area contributed by atoms with E-state index in [0.29, 0.717) is 42.4 Å². The van der Waals surface area contributed by atoms with E-state index >= 15 is 0 Å². The lowest BCUT2D eigenvalue weighted by molar-refractivity contribution is -0.162. The molecular weight excluding hydrogens is 530 g/mol. The van der Waals surface area contributed by atoms with Gasteiger partial charge in [0.25, 0.3) is 0 Å². The van der Waals surface area contributed by atoms with Crippen LogP contribution in [0.4, 0.5) is 0 Å². The van der Waals surface area contributed by atoms with Gasteiger partial charge in [-0.05, 0) is 73.6 Å². The van der Waals surface area contributed by atoms with Crippen molar-refractivity contribution < 1.29 is 23.9 Å². The summed E-state index contributed by atoms with van der Waals surface area (Å²) in [6.07, 6.45) is 10.1. The molecule has 8 nitrogen and oxygen atoms in total. The second kappa shape index (κ2) is 13.7. The van der Waals surface area contributed by atoms with Crippen molar-refractivity contribution in [3.8, 4) is 11.5 Å². The highest BCUT2D eigenvalue weighted by Gasteiger charge is 2.53. The number of hydrogen-bond donors (Lipinski definition) is 1. The number of amides is 2. The van der Waals surface area contributed by atoms with Crippen molar-refractivity contribution in [1.29, 1.82) is 0 Å². The van der Waals surface area contributed by atoms with Gasteiger partial charge in [0.2, 0.25) is 11.8 Å². The van der Waals surface area contributed by atoms with Crippen LogP contribution in [0.3, 0.4) is 0 Å². The molecule has 2 heterocycles. The number of benzene rings is 2. The maximum atomic E-state index is 13.8. The van der Waals surface area contributed by atoms with Gasteiger partial charge in [0.1, 0.15) is 23.1 Å². The number of piperidine rings is 1. The predicted molar refractivity (Wildman–Crippen MR) is 161 cm³/mol. The van der Waals surface area contributed by atoms with Crippen LogP contribution in [-0.2, 0) is 20.9 Å². The zero-order valence-electron chi connectivity index (χ0n) is 25.1. The van der Waals surface area contributed by atoms with E-state index in [1.54, 1.807) is 24.3 Å². The summed E-state index contributed by atoms with van der Waals surface area (Å²) in [4.78, 5) is 43.5. The molecule has 1 saturated carbocycles. The monoisotopic (exact) mass is 575 g/mol. The number of rotatable bonds is 10. The fraction of sp³-hybridized carbons (Fsp3) is 0.559. The number of nitrogens with zero attached hydrogens (tertiary/aromatic N) is 2. The minimum absolute atomic E-state index is 0.0554. The molecule has 1 N–H and O–H groups in total. The Bertz CT molecular complexity index is 1210. The van der Waals surface area contributed by atoms with E-state index in [1.807, 2.05) is 17.0 Å². The van der Waals surface area contributed by atoms with Crippen LogP contribution in [0.25, 0.3) is 0 Å². The molecule has 1 aliphatic carbocycles. The highest BCUT2D eigenvalue weighted by molar-refractivity contribution is 6.00. The standard InChI is InChI=1S/C34H45N3O5/c1-3-4-20-37-31(38)30(23-25-8-6-5-7-9-25)35-33(40)34(37)18-21-36(22-19-34)24-26-10-14-28(15-11-26)42-29-16-12-27(13-17-29)32(39)41-2/h10-17,25,30H,3-9,18-24H2,1-2H3,(H,35,40). The van der Waals surface area contributed by atoms with Crippen molar-refractivity contribution in [3.05, 3.63) is 59.7 Å². The normalized spacial score (nSPS) is 21.3. The quantitative estimate of drug-likeness (QED) is 0.366. The molecule has 8 heteroatoms. The topological polar surface area (TPSA) is 88.2 Å². The van der Waals surface area contributed by atoms with Crippen molar-refractivity contribution in [2.45, 2.75) is 89.3 Å². The number of unbranched alkanes of at least 4 members (excludes halogenated alkanes) is 1. The molecule has 226 valence electrons. The van der Waals surface area contributed by atoms with E-state index in [9.17, 15) is 14.4 Å². The first-order valence-corrected chi connectivity index (χ1v) is 15.7. The molecule has 2 aromatic carbocycles. The predicted octanol–water partition coefficient (Wildman–Crippen LogP) is 5.70. The third-order valence-electron chi connectivity index (χ3n) is 9.36. The summed E-state index contributed by atoms with van der Waals surface area (Å²) in [5, 5.41) is 3.20. The molecule has 2 saturated heterocycles. The highest BCUT2D eigenvalue weighted by Crippen LogP contribution is 2.36. The summed E-state index contributed by atoms with van der Waals surface area (Å²) >= 11 is 0. The van der Waals surface area contributed by atoms with Crippen LogP contribution in [0.1, 0.15) is 87.1 Å². The Morgan fingerprint density at radius 3 is 2.21 bits per heavy atom. The molecule has 2 aliphatic heterocycles. The van der Waals surface area contributed by atoms with Crippen molar-refractivity contribution in [2.75, 3.05) is 26.7 Å². The Labute approximate surface area is 249 Å². The molecular formula is C34H45N3O5. The van der Waals surface area contributed by atoms with Crippen LogP contribution in [-0.4, -0.2) is 65.9 Å². The fourth-order valence-corrected chi connectivity index (χ4v) is 6.84. The lowest BCUT2D eigenvalue weighted by Gasteiger charge is -2.52. The first-order valence-electron chi connectivity index (χ1n) is 15.7. The number of hydrogen-bond acceptors (Lipinski definition) is 6. The molecule has 0 aromatic heterocycles. The summed E-state index contributed by atoms with van der Waals surface area (Å²) in [7, 11) is 1.36. The number of ether oxygens (including phenoxy) is 2. The molecule has 3 aliphatic rings. The summed E-state index contributed by atoms with van der Waals surface area (Å²) in [6.45, 7) is 5.11. The van der Waals surface area contributed by atoms with Gasteiger partial charge in [0, 0.05) is 26.2 Å². The van der Waals surface area contributed by atoms with Gasteiger partial charge < -0.3 is 19.7 Å². The molecule has 3 fully saturated rings. The molecule has 5 rings (SSSR count). The first-order chi connectivity index (χ1) is 20.4. The van der Waals surface area contributed by atoms with Gasteiger partial charge in [-0.1, -0.05) is 57.6 Å². The Morgan fingerprint density at radius 2 is 1.60 bits per heavy atom. The minimum atomic E-state index is -0.729. The molecule has 1 spiro atoms. The Morgan fingerprint density at radius 1 is 0.952 bits per heavy atom. The van der Waals surface area contributed by atoms with Gasteiger partial charge >= 0.3 is 5.97 Å². The van der Waals surface area contributed by atoms with Crippen molar-refractivity contribution in [2.24, 2.45) is 5.92 Å². The van der Waals surface area contributed by atoms with Crippen molar-refractivity contribution >= 4 is 17.8 Å². The third kappa shape index (κ3) is 6.80. The van der Waals surface area contributed by atoms with E-state index in [4.69, 9.17) is 9.47 Å². The summed E-state index contributed by atoms with van der Waals surface area (Å²) in [6, 6.07) is 14.5. The Balaban J connectivity index is 1.17. The van der Waals surface area contributed by atoms with E-state index in [0.717, 1.165) is 38.9 Å². The second-order valence-corrected chi connectivity index (χ2v) is 12.2. The highest BCUT2D eigenvalue weighted by atomic mass is 16.5. The Kier molecular flexibility index (Phi) is 9.83. The number of methoxy groups -OCH3 is 1. The number of esters is 1. The molecule has 0 bridgehead atoms. The van der Waals surface area contributed by atoms with E-state index < -0.39 is 5.54 Å². The maximum Gasteiger partial charge on any atom is 0.337 e. The van der Waals surface area contributed by atoms with Gasteiger partial charge in [0.15, 0.2) is 0 Å². The zero-order valence-corrected chi connectivity index (χ0v) is 25.1. The van der Waals surface area contributed by atoms with Crippen LogP contribution in [0, 0.1) is 5.92 Å². The first kappa shape index (κ1) is 30.1. The van der Waals surface area contributed by atoms with Crippen molar-refractivity contribution in [3.63, 3.8) is 0 Å². The average molecular weight is 576 g/mol. The SMILES string of the molecule is CCCCN1C(=O)C(CC2CCCCC2)NC(=O)C12CCN(Cc1ccc(Oc3ccc(C(=O)OC)cc3)cc1)CC2. The van der Waals surface area contributed by atoms with Gasteiger partial charge in [-0.2, -0.15) is 0 Å². The van der Waals surface area contributed by atoms with Gasteiger partial charge in [-0.25, -0.2) is 4.79 Å². The fourth-order valence-electron chi connectivity index (χ4n) is 6.84. The molecule has 42 heavy (non-hydrogen) atoms. The van der Waals surface area contributed by atoms with Crippen LogP contribution < -0.4 is 10.1 Å². The van der Waals surface area contributed by atoms with E-state index in [2.05, 4.69) is 29.3 Å². The number of nitrogens with one attached hydrogen (secondary N) is 1. The average Bonchev–Trinajstić information content (AvgIpc) is 3.02. The lowest BCUT2D eigenvalue weighted by Crippen LogP contribution is -2.73. The molecule has 0 radical (unpaired) electrons. The Hall–Kier alpha value is -3.39. The number of piperazine rings is 1. The smallest absolute Gasteiger partial charge is 0.337 e. The number of carbonyl (C=O) groups excluding carboxylic acids is 3. The zero-order chi connectivity index (χ0) is 29.5. The second-order valence-electron chi connectivity index (χ2n) is 12.2. The molecule has 1 atom stereocenters. The van der Waals surface area contributed by atoms with Crippen LogP contribution in [0.5, 0.6) is 11.5 Å².